The molecule has 2 heterocycles. The molecular formula is C27H34FN3O8S. The van der Waals surface area contributed by atoms with E-state index in [1.165, 1.54) is 12.1 Å². The molecule has 11 nitrogen and oxygen atoms in total. The van der Waals surface area contributed by atoms with Crippen LogP contribution in [-0.2, 0) is 29.1 Å². The van der Waals surface area contributed by atoms with Crippen molar-refractivity contribution in [2.24, 2.45) is 0 Å². The second-order valence-electron chi connectivity index (χ2n) is 9.14. The Balaban J connectivity index is 1.45. The Morgan fingerprint density at radius 1 is 1.05 bits per heavy atom. The normalized spacial score (nSPS) is 17.9. The molecule has 40 heavy (non-hydrogen) atoms. The molecule has 0 aromatic heterocycles. The molecule has 4 rings (SSSR count). The number of halogens is 1. The fraction of sp³-hybridized carbons (Fsp3) is 0.481. The highest BCUT2D eigenvalue weighted by molar-refractivity contribution is 7.89. The van der Waals surface area contributed by atoms with Crippen LogP contribution in [0.4, 0.5) is 15.8 Å². The molecule has 2 aromatic rings. The summed E-state index contributed by atoms with van der Waals surface area (Å²) in [6, 6.07) is 7.29. The summed E-state index contributed by atoms with van der Waals surface area (Å²) in [6.45, 7) is 6.35. The maximum atomic E-state index is 14.2. The zero-order valence-corrected chi connectivity index (χ0v) is 23.4. The zero-order chi connectivity index (χ0) is 28.7. The second kappa shape index (κ2) is 13.3. The number of hydrogen-bond acceptors (Lipinski definition) is 9. The summed E-state index contributed by atoms with van der Waals surface area (Å²) >= 11 is 0. The number of rotatable bonds is 11. The number of amides is 1. The minimum absolute atomic E-state index is 0.0377. The number of benzene rings is 2. The lowest BCUT2D eigenvalue weighted by atomic mass is 10.2. The number of ether oxygens (including phenoxy) is 4. The SMILES string of the molecule is CCOc1cc(N2CCOCC2)c(OCC)cc1NC(=O)COC(=O)[C@@H]1CCCN1S(=O)(=O)c1ccccc1F. The Labute approximate surface area is 233 Å². The van der Waals surface area contributed by atoms with Crippen molar-refractivity contribution < 1.29 is 41.3 Å². The van der Waals surface area contributed by atoms with Gasteiger partial charge in [0.2, 0.25) is 10.0 Å². The van der Waals surface area contributed by atoms with Crippen molar-refractivity contribution in [2.75, 3.05) is 62.9 Å². The molecule has 0 radical (unpaired) electrons. The molecule has 2 aliphatic rings. The number of esters is 1. The molecule has 2 aliphatic heterocycles. The summed E-state index contributed by atoms with van der Waals surface area (Å²) in [6.07, 6.45) is 0.594. The maximum absolute atomic E-state index is 14.2. The Hall–Kier alpha value is -3.42. The quantitative estimate of drug-likeness (QED) is 0.400. The lowest BCUT2D eigenvalue weighted by Gasteiger charge is -2.31. The monoisotopic (exact) mass is 579 g/mol. The third kappa shape index (κ3) is 6.65. The van der Waals surface area contributed by atoms with Crippen LogP contribution in [-0.4, -0.2) is 83.3 Å². The molecule has 2 fully saturated rings. The molecule has 0 unspecified atom stereocenters. The van der Waals surface area contributed by atoms with E-state index in [2.05, 4.69) is 10.2 Å². The van der Waals surface area contributed by atoms with Crippen LogP contribution in [0.3, 0.4) is 0 Å². The van der Waals surface area contributed by atoms with Gasteiger partial charge in [0.15, 0.2) is 6.61 Å². The Kier molecular flexibility index (Phi) is 9.82. The number of hydrogen-bond donors (Lipinski definition) is 1. The van der Waals surface area contributed by atoms with Crippen molar-refractivity contribution in [3.8, 4) is 11.5 Å². The van der Waals surface area contributed by atoms with Crippen molar-refractivity contribution in [3.63, 3.8) is 0 Å². The van der Waals surface area contributed by atoms with Crippen molar-refractivity contribution >= 4 is 33.3 Å². The van der Waals surface area contributed by atoms with Crippen molar-refractivity contribution in [2.45, 2.75) is 37.6 Å². The summed E-state index contributed by atoms with van der Waals surface area (Å²) < 4.78 is 63.5. The molecule has 218 valence electrons. The average Bonchev–Trinajstić information content (AvgIpc) is 3.45. The first-order valence-corrected chi connectivity index (χ1v) is 14.7. The van der Waals surface area contributed by atoms with Gasteiger partial charge < -0.3 is 29.2 Å². The van der Waals surface area contributed by atoms with Crippen molar-refractivity contribution in [3.05, 3.63) is 42.2 Å². The number of carbonyl (C=O) groups excluding carboxylic acids is 2. The van der Waals surface area contributed by atoms with E-state index in [4.69, 9.17) is 18.9 Å². The number of anilines is 2. The van der Waals surface area contributed by atoms with Crippen LogP contribution < -0.4 is 19.7 Å². The van der Waals surface area contributed by atoms with Crippen LogP contribution in [0, 0.1) is 5.82 Å². The molecule has 0 spiro atoms. The van der Waals surface area contributed by atoms with E-state index in [-0.39, 0.29) is 13.0 Å². The van der Waals surface area contributed by atoms with Gasteiger partial charge in [-0.15, -0.1) is 0 Å². The van der Waals surface area contributed by atoms with E-state index in [9.17, 15) is 22.4 Å². The molecule has 0 aliphatic carbocycles. The molecule has 1 atom stereocenters. The molecular weight excluding hydrogens is 545 g/mol. The first kappa shape index (κ1) is 29.6. The van der Waals surface area contributed by atoms with Gasteiger partial charge in [0.05, 0.1) is 37.8 Å². The van der Waals surface area contributed by atoms with E-state index in [1.54, 1.807) is 12.1 Å². The first-order valence-electron chi connectivity index (χ1n) is 13.3. The molecule has 13 heteroatoms. The topological polar surface area (TPSA) is 124 Å². The van der Waals surface area contributed by atoms with Gasteiger partial charge in [0.1, 0.15) is 28.3 Å². The highest BCUT2D eigenvalue weighted by atomic mass is 32.2. The molecule has 0 saturated carbocycles. The highest BCUT2D eigenvalue weighted by Gasteiger charge is 2.41. The average molecular weight is 580 g/mol. The second-order valence-corrected chi connectivity index (χ2v) is 11.0. The van der Waals surface area contributed by atoms with E-state index < -0.39 is 45.3 Å². The van der Waals surface area contributed by atoms with Gasteiger partial charge in [0.25, 0.3) is 5.91 Å². The fourth-order valence-electron chi connectivity index (χ4n) is 4.71. The lowest BCUT2D eigenvalue weighted by molar-refractivity contribution is -0.150. The van der Waals surface area contributed by atoms with Crippen LogP contribution in [0.1, 0.15) is 26.7 Å². The smallest absolute Gasteiger partial charge is 0.324 e. The van der Waals surface area contributed by atoms with Crippen LogP contribution in [0.5, 0.6) is 11.5 Å². The van der Waals surface area contributed by atoms with Crippen LogP contribution in [0.25, 0.3) is 0 Å². The lowest BCUT2D eigenvalue weighted by Crippen LogP contribution is -2.42. The molecule has 1 N–H and O–H groups in total. The Morgan fingerprint density at radius 3 is 2.45 bits per heavy atom. The van der Waals surface area contributed by atoms with E-state index in [1.807, 2.05) is 13.8 Å². The Morgan fingerprint density at radius 2 is 1.75 bits per heavy atom. The predicted molar refractivity (Wildman–Crippen MR) is 145 cm³/mol. The fourth-order valence-corrected chi connectivity index (χ4v) is 6.42. The summed E-state index contributed by atoms with van der Waals surface area (Å²) in [5.74, 6) is -1.45. The zero-order valence-electron chi connectivity index (χ0n) is 22.6. The summed E-state index contributed by atoms with van der Waals surface area (Å²) in [7, 11) is -4.27. The summed E-state index contributed by atoms with van der Waals surface area (Å²) in [5, 5.41) is 2.70. The number of carbonyl (C=O) groups is 2. The predicted octanol–water partition coefficient (Wildman–Crippen LogP) is 2.79. The van der Waals surface area contributed by atoms with Gasteiger partial charge in [-0.1, -0.05) is 12.1 Å². The van der Waals surface area contributed by atoms with Gasteiger partial charge >= 0.3 is 5.97 Å². The highest BCUT2D eigenvalue weighted by Crippen LogP contribution is 2.39. The maximum Gasteiger partial charge on any atom is 0.324 e. The largest absolute Gasteiger partial charge is 0.492 e. The van der Waals surface area contributed by atoms with Gasteiger partial charge in [-0.2, -0.15) is 4.31 Å². The minimum Gasteiger partial charge on any atom is -0.492 e. The third-order valence-electron chi connectivity index (χ3n) is 6.53. The molecule has 1 amide bonds. The number of sulfonamides is 1. The number of nitrogens with one attached hydrogen (secondary N) is 1. The van der Waals surface area contributed by atoms with Gasteiger partial charge in [-0.05, 0) is 38.8 Å². The third-order valence-corrected chi connectivity index (χ3v) is 8.47. The van der Waals surface area contributed by atoms with E-state index in [0.29, 0.717) is 63.1 Å². The molecule has 2 aromatic carbocycles. The van der Waals surface area contributed by atoms with Gasteiger partial charge in [-0.25, -0.2) is 12.8 Å². The van der Waals surface area contributed by atoms with Crippen LogP contribution in [0.15, 0.2) is 41.3 Å². The summed E-state index contributed by atoms with van der Waals surface area (Å²) in [4.78, 5) is 27.2. The van der Waals surface area contributed by atoms with Crippen molar-refractivity contribution in [1.82, 2.24) is 4.31 Å². The van der Waals surface area contributed by atoms with E-state index >= 15 is 0 Å². The van der Waals surface area contributed by atoms with Crippen LogP contribution in [0.2, 0.25) is 0 Å². The minimum atomic E-state index is -4.27. The summed E-state index contributed by atoms with van der Waals surface area (Å²) in [5.41, 5.74) is 1.16. The van der Waals surface area contributed by atoms with Crippen LogP contribution >= 0.6 is 0 Å². The Bertz CT molecular complexity index is 1320. The molecule has 0 bridgehead atoms. The first-order chi connectivity index (χ1) is 19.3. The number of nitrogens with zero attached hydrogens (tertiary/aromatic N) is 2. The van der Waals surface area contributed by atoms with E-state index in [0.717, 1.165) is 22.1 Å². The van der Waals surface area contributed by atoms with Crippen molar-refractivity contribution in [1.29, 1.82) is 0 Å². The molecule has 2 saturated heterocycles. The van der Waals surface area contributed by atoms with Gasteiger partial charge in [0, 0.05) is 31.8 Å². The standard InChI is InChI=1S/C27H34FN3O8S/c1-3-37-23-17-22(30-12-14-36-15-13-30)24(38-4-2)16-20(23)29-26(32)18-39-27(33)21-9-7-11-31(21)40(34,35)25-10-6-5-8-19(25)28/h5-6,8,10,16-17,21H,3-4,7,9,11-15,18H2,1-2H3,(H,29,32)/t21-/m0/s1. The number of morpholine rings is 1. The van der Waals surface area contributed by atoms with Gasteiger partial charge in [-0.3, -0.25) is 9.59 Å².